The maximum atomic E-state index is 11.3. The van der Waals surface area contributed by atoms with Crippen molar-refractivity contribution < 1.29 is 14.3 Å². The smallest absolute Gasteiger partial charge is 0.322 e. The van der Waals surface area contributed by atoms with E-state index in [2.05, 4.69) is 5.32 Å². The van der Waals surface area contributed by atoms with Crippen LogP contribution in [0.5, 0.6) is 0 Å². The molecular weight excluding hydrogens is 210 g/mol. The summed E-state index contributed by atoms with van der Waals surface area (Å²) >= 11 is 0. The number of carbonyl (C=O) groups excluding carboxylic acids is 2. The van der Waals surface area contributed by atoms with Gasteiger partial charge in [0.2, 0.25) is 0 Å². The first kappa shape index (κ1) is 14.7. The van der Waals surface area contributed by atoms with Gasteiger partial charge in [0.1, 0.15) is 6.04 Å². The molecule has 6 nitrogen and oxygen atoms in total. The second-order valence-corrected chi connectivity index (χ2v) is 3.56. The Bertz CT molecular complexity index is 221. The molecular formula is C10H21N3O3. The predicted molar refractivity (Wildman–Crippen MR) is 60.7 cm³/mol. The summed E-state index contributed by atoms with van der Waals surface area (Å²) in [5.41, 5.74) is 10.5. The molecule has 0 saturated carbocycles. The van der Waals surface area contributed by atoms with Gasteiger partial charge in [-0.05, 0) is 19.3 Å². The molecule has 0 aromatic rings. The highest BCUT2D eigenvalue weighted by Gasteiger charge is 2.13. The number of esters is 1. The highest BCUT2D eigenvalue weighted by molar-refractivity contribution is 5.75. The van der Waals surface area contributed by atoms with E-state index in [0.29, 0.717) is 26.0 Å². The molecule has 0 bridgehead atoms. The van der Waals surface area contributed by atoms with Gasteiger partial charge in [-0.2, -0.15) is 0 Å². The van der Waals surface area contributed by atoms with Gasteiger partial charge < -0.3 is 21.5 Å². The molecule has 0 radical (unpaired) electrons. The molecule has 5 N–H and O–H groups in total. The van der Waals surface area contributed by atoms with Crippen molar-refractivity contribution in [3.05, 3.63) is 0 Å². The first-order chi connectivity index (χ1) is 7.57. The third-order valence-electron chi connectivity index (χ3n) is 2.04. The fourth-order valence-corrected chi connectivity index (χ4v) is 1.08. The molecule has 0 rings (SSSR count). The van der Waals surface area contributed by atoms with Crippen LogP contribution in [-0.2, 0) is 9.53 Å². The molecule has 0 aliphatic rings. The molecule has 94 valence electrons. The van der Waals surface area contributed by atoms with Crippen molar-refractivity contribution in [3.8, 4) is 0 Å². The lowest BCUT2D eigenvalue weighted by Gasteiger charge is -2.11. The van der Waals surface area contributed by atoms with Gasteiger partial charge in [-0.3, -0.25) is 4.79 Å². The second kappa shape index (κ2) is 8.96. The Morgan fingerprint density at radius 1 is 1.38 bits per heavy atom. The molecule has 0 spiro atoms. The lowest BCUT2D eigenvalue weighted by molar-refractivity contribution is -0.145. The van der Waals surface area contributed by atoms with Crippen LogP contribution >= 0.6 is 0 Å². The summed E-state index contributed by atoms with van der Waals surface area (Å²) in [4.78, 5) is 21.6. The van der Waals surface area contributed by atoms with E-state index < -0.39 is 12.1 Å². The summed E-state index contributed by atoms with van der Waals surface area (Å²) in [6.07, 6.45) is 2.91. The quantitative estimate of drug-likeness (QED) is 0.407. The average molecular weight is 231 g/mol. The van der Waals surface area contributed by atoms with Crippen LogP contribution in [0.4, 0.5) is 4.79 Å². The molecule has 0 aromatic heterocycles. The lowest BCUT2D eigenvalue weighted by Crippen LogP contribution is -2.35. The minimum absolute atomic E-state index is 0.382. The fourth-order valence-electron chi connectivity index (χ4n) is 1.08. The Morgan fingerprint density at radius 3 is 2.62 bits per heavy atom. The van der Waals surface area contributed by atoms with E-state index >= 15 is 0 Å². The van der Waals surface area contributed by atoms with E-state index in [1.807, 2.05) is 6.92 Å². The number of ether oxygens (including phenoxy) is 1. The number of hydrogen-bond acceptors (Lipinski definition) is 4. The topological polar surface area (TPSA) is 107 Å². The SMILES string of the molecule is CCCCOC(=O)C(N)CCCNC(N)=O. The van der Waals surface area contributed by atoms with E-state index in [9.17, 15) is 9.59 Å². The number of hydrogen-bond donors (Lipinski definition) is 3. The van der Waals surface area contributed by atoms with Crippen molar-refractivity contribution in [3.63, 3.8) is 0 Å². The molecule has 0 aliphatic carbocycles. The van der Waals surface area contributed by atoms with Crippen LogP contribution < -0.4 is 16.8 Å². The Hall–Kier alpha value is -1.30. The van der Waals surface area contributed by atoms with Crippen LogP contribution in [-0.4, -0.2) is 31.2 Å². The zero-order chi connectivity index (χ0) is 12.4. The molecule has 16 heavy (non-hydrogen) atoms. The summed E-state index contributed by atoms with van der Waals surface area (Å²) in [5.74, 6) is -0.382. The van der Waals surface area contributed by atoms with Crippen molar-refractivity contribution >= 4 is 12.0 Å². The Balaban J connectivity index is 3.51. The Kier molecular flexibility index (Phi) is 8.24. The average Bonchev–Trinajstić information content (AvgIpc) is 2.24. The highest BCUT2D eigenvalue weighted by atomic mass is 16.5. The predicted octanol–water partition coefficient (Wildman–Crippen LogP) is 0.106. The van der Waals surface area contributed by atoms with Gasteiger partial charge in [0.15, 0.2) is 0 Å². The molecule has 2 amide bonds. The zero-order valence-corrected chi connectivity index (χ0v) is 9.70. The number of nitrogens with two attached hydrogens (primary N) is 2. The maximum absolute atomic E-state index is 11.3. The van der Waals surface area contributed by atoms with Gasteiger partial charge in [0.05, 0.1) is 6.61 Å². The Morgan fingerprint density at radius 2 is 2.06 bits per heavy atom. The van der Waals surface area contributed by atoms with Crippen molar-refractivity contribution in [2.75, 3.05) is 13.2 Å². The number of amides is 2. The van der Waals surface area contributed by atoms with Gasteiger partial charge in [-0.25, -0.2) is 4.79 Å². The van der Waals surface area contributed by atoms with E-state index in [0.717, 1.165) is 12.8 Å². The largest absolute Gasteiger partial charge is 0.465 e. The van der Waals surface area contributed by atoms with E-state index in [1.165, 1.54) is 0 Å². The molecule has 6 heteroatoms. The molecule has 1 unspecified atom stereocenters. The van der Waals surface area contributed by atoms with Crippen molar-refractivity contribution in [2.24, 2.45) is 11.5 Å². The van der Waals surface area contributed by atoms with Crippen LogP contribution in [0.15, 0.2) is 0 Å². The van der Waals surface area contributed by atoms with Gasteiger partial charge in [0, 0.05) is 6.54 Å². The molecule has 0 heterocycles. The second-order valence-electron chi connectivity index (χ2n) is 3.56. The summed E-state index contributed by atoms with van der Waals surface area (Å²) in [6.45, 7) is 2.86. The van der Waals surface area contributed by atoms with Gasteiger partial charge >= 0.3 is 12.0 Å². The number of primary amides is 1. The van der Waals surface area contributed by atoms with Crippen LogP contribution in [0.1, 0.15) is 32.6 Å². The normalized spacial score (nSPS) is 11.9. The van der Waals surface area contributed by atoms with E-state index in [4.69, 9.17) is 16.2 Å². The zero-order valence-electron chi connectivity index (χ0n) is 9.70. The van der Waals surface area contributed by atoms with Gasteiger partial charge in [0.25, 0.3) is 0 Å². The number of nitrogens with one attached hydrogen (secondary N) is 1. The summed E-state index contributed by atoms with van der Waals surface area (Å²) < 4.78 is 4.95. The van der Waals surface area contributed by atoms with E-state index in [-0.39, 0.29) is 5.97 Å². The van der Waals surface area contributed by atoms with Crippen molar-refractivity contribution in [1.29, 1.82) is 0 Å². The minimum atomic E-state index is -0.619. The van der Waals surface area contributed by atoms with Crippen molar-refractivity contribution in [2.45, 2.75) is 38.6 Å². The number of rotatable bonds is 8. The Labute approximate surface area is 95.7 Å². The van der Waals surface area contributed by atoms with Gasteiger partial charge in [-0.1, -0.05) is 13.3 Å². The van der Waals surface area contributed by atoms with Crippen LogP contribution in [0, 0.1) is 0 Å². The standard InChI is InChI=1S/C10H21N3O3/c1-2-3-7-16-9(14)8(11)5-4-6-13-10(12)15/h8H,2-7,11H2,1H3,(H3,12,13,15). The molecule has 0 aliphatic heterocycles. The van der Waals surface area contributed by atoms with Crippen LogP contribution in [0.25, 0.3) is 0 Å². The molecule has 1 atom stereocenters. The monoisotopic (exact) mass is 231 g/mol. The molecule has 0 saturated heterocycles. The van der Waals surface area contributed by atoms with E-state index in [1.54, 1.807) is 0 Å². The number of unbranched alkanes of at least 4 members (excludes halogenated alkanes) is 1. The first-order valence-corrected chi connectivity index (χ1v) is 5.53. The molecule has 0 fully saturated rings. The first-order valence-electron chi connectivity index (χ1n) is 5.53. The summed E-state index contributed by atoms with van der Waals surface area (Å²) in [5, 5.41) is 2.42. The van der Waals surface area contributed by atoms with Gasteiger partial charge in [-0.15, -0.1) is 0 Å². The number of carbonyl (C=O) groups is 2. The van der Waals surface area contributed by atoms with Crippen molar-refractivity contribution in [1.82, 2.24) is 5.32 Å². The highest BCUT2D eigenvalue weighted by Crippen LogP contribution is 1.98. The minimum Gasteiger partial charge on any atom is -0.465 e. The molecule has 0 aromatic carbocycles. The third-order valence-corrected chi connectivity index (χ3v) is 2.04. The fraction of sp³-hybridized carbons (Fsp3) is 0.800. The third kappa shape index (κ3) is 8.05. The van der Waals surface area contributed by atoms with Crippen LogP contribution in [0.3, 0.4) is 0 Å². The maximum Gasteiger partial charge on any atom is 0.322 e. The number of urea groups is 1. The lowest BCUT2D eigenvalue weighted by atomic mass is 10.2. The van der Waals surface area contributed by atoms with Crippen LogP contribution in [0.2, 0.25) is 0 Å². The summed E-state index contributed by atoms with van der Waals surface area (Å²) in [7, 11) is 0. The summed E-state index contributed by atoms with van der Waals surface area (Å²) in [6, 6.07) is -1.19.